The number of amides is 3. The van der Waals surface area contributed by atoms with Gasteiger partial charge in [0.2, 0.25) is 17.7 Å². The number of carbonyl (C=O) groups excluding carboxylic acids is 2. The molecule has 0 aliphatic rings. The zero-order valence-corrected chi connectivity index (χ0v) is 18.1. The number of aromatic nitrogens is 2. The van der Waals surface area contributed by atoms with Gasteiger partial charge in [0.05, 0.1) is 6.54 Å². The fraction of sp³-hybridized carbons (Fsp3) is 0.273. The lowest BCUT2D eigenvalue weighted by Gasteiger charge is -2.16. The number of aryl methyl sites for hydroxylation is 1. The van der Waals surface area contributed by atoms with Crippen molar-refractivity contribution in [3.8, 4) is 0 Å². The van der Waals surface area contributed by atoms with Crippen LogP contribution in [0.4, 0.5) is 10.5 Å². The van der Waals surface area contributed by atoms with E-state index in [0.717, 1.165) is 12.0 Å². The van der Waals surface area contributed by atoms with Crippen molar-refractivity contribution in [1.82, 2.24) is 20.8 Å². The van der Waals surface area contributed by atoms with Crippen LogP contribution in [0.2, 0.25) is 5.02 Å². The summed E-state index contributed by atoms with van der Waals surface area (Å²) in [4.78, 5) is 23.7. The van der Waals surface area contributed by atoms with Crippen LogP contribution in [0.3, 0.4) is 0 Å². The van der Waals surface area contributed by atoms with Gasteiger partial charge in [0.1, 0.15) is 6.04 Å². The normalized spacial score (nSPS) is 11.6. The van der Waals surface area contributed by atoms with Crippen molar-refractivity contribution < 1.29 is 14.0 Å². The van der Waals surface area contributed by atoms with Crippen LogP contribution in [0.25, 0.3) is 0 Å². The van der Waals surface area contributed by atoms with E-state index in [1.54, 1.807) is 24.3 Å². The Labute approximate surface area is 185 Å². The highest BCUT2D eigenvalue weighted by Gasteiger charge is 2.22. The first kappa shape index (κ1) is 22.3. The van der Waals surface area contributed by atoms with Crippen LogP contribution >= 0.6 is 11.6 Å². The standard InChI is InChI=1S/C22H24ClN5O3/c1-3-15-4-6-16(7-5-15)12-19(21-28-27-20(31-21)13-24-14(2)29)26-22(30)25-18-10-8-17(23)9-11-18/h4-11,19H,3,12-13H2,1-2H3,(H,24,29)(H2,25,26,30)/t19-/m0/s1. The van der Waals surface area contributed by atoms with Gasteiger partial charge in [0.15, 0.2) is 0 Å². The Morgan fingerprint density at radius 1 is 1.03 bits per heavy atom. The molecule has 2 aromatic carbocycles. The lowest BCUT2D eigenvalue weighted by atomic mass is 10.0. The summed E-state index contributed by atoms with van der Waals surface area (Å²) < 4.78 is 5.68. The molecule has 0 fully saturated rings. The largest absolute Gasteiger partial charge is 0.421 e. The summed E-state index contributed by atoms with van der Waals surface area (Å²) in [6.07, 6.45) is 1.40. The maximum Gasteiger partial charge on any atom is 0.319 e. The maximum atomic E-state index is 12.6. The topological polar surface area (TPSA) is 109 Å². The molecule has 1 atom stereocenters. The van der Waals surface area contributed by atoms with Gasteiger partial charge in [-0.3, -0.25) is 4.79 Å². The van der Waals surface area contributed by atoms with Crippen molar-refractivity contribution in [1.29, 1.82) is 0 Å². The Kier molecular flexibility index (Phi) is 7.61. The Balaban J connectivity index is 1.75. The van der Waals surface area contributed by atoms with Crippen molar-refractivity contribution >= 4 is 29.2 Å². The van der Waals surface area contributed by atoms with E-state index >= 15 is 0 Å². The van der Waals surface area contributed by atoms with Crippen molar-refractivity contribution in [2.45, 2.75) is 39.3 Å². The molecule has 3 N–H and O–H groups in total. The van der Waals surface area contributed by atoms with E-state index in [1.807, 2.05) is 12.1 Å². The number of benzene rings is 2. The maximum absolute atomic E-state index is 12.6. The predicted octanol–water partition coefficient (Wildman–Crippen LogP) is 4.03. The Morgan fingerprint density at radius 2 is 1.71 bits per heavy atom. The van der Waals surface area contributed by atoms with E-state index < -0.39 is 12.1 Å². The molecule has 162 valence electrons. The van der Waals surface area contributed by atoms with Crippen LogP contribution in [0.1, 0.15) is 42.8 Å². The van der Waals surface area contributed by atoms with Gasteiger partial charge in [-0.25, -0.2) is 4.79 Å². The summed E-state index contributed by atoms with van der Waals surface area (Å²) in [6, 6.07) is 14.0. The molecule has 0 bridgehead atoms. The summed E-state index contributed by atoms with van der Waals surface area (Å²) in [5, 5.41) is 16.9. The molecule has 0 aliphatic heterocycles. The molecule has 0 radical (unpaired) electrons. The summed E-state index contributed by atoms with van der Waals surface area (Å²) in [5.41, 5.74) is 2.84. The van der Waals surface area contributed by atoms with Crippen LogP contribution in [0.5, 0.6) is 0 Å². The third-order valence-corrected chi connectivity index (χ3v) is 4.80. The molecule has 3 amide bonds. The molecule has 1 aromatic heterocycles. The molecule has 1 heterocycles. The van der Waals surface area contributed by atoms with Gasteiger partial charge in [-0.1, -0.05) is 42.8 Å². The van der Waals surface area contributed by atoms with Crippen LogP contribution < -0.4 is 16.0 Å². The second-order valence-electron chi connectivity index (χ2n) is 6.98. The first-order valence-electron chi connectivity index (χ1n) is 9.90. The Morgan fingerprint density at radius 3 is 2.35 bits per heavy atom. The molecule has 3 aromatic rings. The van der Waals surface area contributed by atoms with Gasteiger partial charge in [0, 0.05) is 24.1 Å². The van der Waals surface area contributed by atoms with Gasteiger partial charge in [0.25, 0.3) is 0 Å². The van der Waals surface area contributed by atoms with Gasteiger partial charge < -0.3 is 20.4 Å². The molecule has 0 saturated heterocycles. The fourth-order valence-corrected chi connectivity index (χ4v) is 3.01. The zero-order valence-electron chi connectivity index (χ0n) is 17.3. The van der Waals surface area contributed by atoms with Crippen LogP contribution in [-0.2, 0) is 24.2 Å². The summed E-state index contributed by atoms with van der Waals surface area (Å²) in [5.74, 6) is 0.315. The molecule has 0 spiro atoms. The number of hydrogen-bond donors (Lipinski definition) is 3. The van der Waals surface area contributed by atoms with Crippen molar-refractivity contribution in [3.63, 3.8) is 0 Å². The third kappa shape index (κ3) is 6.82. The third-order valence-electron chi connectivity index (χ3n) is 4.55. The highest BCUT2D eigenvalue weighted by Crippen LogP contribution is 2.19. The molecular formula is C22H24ClN5O3. The van der Waals surface area contributed by atoms with E-state index in [4.69, 9.17) is 16.0 Å². The van der Waals surface area contributed by atoms with Gasteiger partial charge in [-0.05, 0) is 41.8 Å². The minimum Gasteiger partial charge on any atom is -0.421 e. The Bertz CT molecular complexity index is 1020. The number of anilines is 1. The molecule has 9 heteroatoms. The van der Waals surface area contributed by atoms with Crippen LogP contribution in [0.15, 0.2) is 52.9 Å². The molecular weight excluding hydrogens is 418 g/mol. The van der Waals surface area contributed by atoms with E-state index in [2.05, 4.69) is 45.2 Å². The van der Waals surface area contributed by atoms with E-state index in [-0.39, 0.29) is 24.2 Å². The number of halogens is 1. The molecule has 0 aliphatic carbocycles. The molecule has 3 rings (SSSR count). The fourth-order valence-electron chi connectivity index (χ4n) is 2.88. The highest BCUT2D eigenvalue weighted by molar-refractivity contribution is 6.30. The number of nitrogens with one attached hydrogen (secondary N) is 3. The van der Waals surface area contributed by atoms with E-state index in [9.17, 15) is 9.59 Å². The first-order chi connectivity index (χ1) is 14.9. The van der Waals surface area contributed by atoms with Crippen LogP contribution in [0, 0.1) is 0 Å². The SMILES string of the molecule is CCc1ccc(C[C@H](NC(=O)Nc2ccc(Cl)cc2)c2nnc(CNC(C)=O)o2)cc1. The van der Waals surface area contributed by atoms with Gasteiger partial charge >= 0.3 is 6.03 Å². The minimum atomic E-state index is -0.557. The number of nitrogens with zero attached hydrogens (tertiary/aromatic N) is 2. The number of hydrogen-bond acceptors (Lipinski definition) is 5. The summed E-state index contributed by atoms with van der Waals surface area (Å²) >= 11 is 5.89. The van der Waals surface area contributed by atoms with Crippen molar-refractivity contribution in [3.05, 3.63) is 76.5 Å². The van der Waals surface area contributed by atoms with E-state index in [0.29, 0.717) is 17.1 Å². The number of rotatable bonds is 8. The lowest BCUT2D eigenvalue weighted by molar-refractivity contribution is -0.119. The summed E-state index contributed by atoms with van der Waals surface area (Å²) in [7, 11) is 0. The van der Waals surface area contributed by atoms with Gasteiger partial charge in [-0.2, -0.15) is 0 Å². The molecule has 0 unspecified atom stereocenters. The van der Waals surface area contributed by atoms with Crippen molar-refractivity contribution in [2.75, 3.05) is 5.32 Å². The predicted molar refractivity (Wildman–Crippen MR) is 118 cm³/mol. The quantitative estimate of drug-likeness (QED) is 0.489. The zero-order chi connectivity index (χ0) is 22.2. The lowest BCUT2D eigenvalue weighted by Crippen LogP contribution is -2.34. The highest BCUT2D eigenvalue weighted by atomic mass is 35.5. The average molecular weight is 442 g/mol. The van der Waals surface area contributed by atoms with E-state index in [1.165, 1.54) is 12.5 Å². The number of urea groups is 1. The monoisotopic (exact) mass is 441 g/mol. The molecule has 8 nitrogen and oxygen atoms in total. The number of carbonyl (C=O) groups is 2. The van der Waals surface area contributed by atoms with Crippen LogP contribution in [-0.4, -0.2) is 22.1 Å². The smallest absolute Gasteiger partial charge is 0.319 e. The second-order valence-corrected chi connectivity index (χ2v) is 7.41. The van der Waals surface area contributed by atoms with Crippen molar-refractivity contribution in [2.24, 2.45) is 0 Å². The first-order valence-corrected chi connectivity index (χ1v) is 10.3. The van der Waals surface area contributed by atoms with Gasteiger partial charge in [-0.15, -0.1) is 10.2 Å². The summed E-state index contributed by atoms with van der Waals surface area (Å²) in [6.45, 7) is 3.62. The second kappa shape index (κ2) is 10.6. The minimum absolute atomic E-state index is 0.122. The average Bonchev–Trinajstić information content (AvgIpc) is 3.23. The Hall–Kier alpha value is -3.39. The molecule has 31 heavy (non-hydrogen) atoms. The molecule has 0 saturated carbocycles.